The van der Waals surface area contributed by atoms with Gasteiger partial charge < -0.3 is 24.4 Å². The standard InChI is InChI=1S/C24H30N2O6/c1-24(2)9-19(28)23-18(27)7-16(8-20(23)32-24)31-13-22(30)25-10-14-6-15(12-25)17-4-3-5-21(29)26(17)11-14/h7-8,14-15,17,27H,3-6,9-13H2,1-2H3/t14-,15+,17?/m1/s1. The molecule has 3 saturated heterocycles. The number of ether oxygens (including phenoxy) is 2. The number of benzene rings is 1. The Balaban J connectivity index is 1.25. The molecule has 0 aliphatic carbocycles. The summed E-state index contributed by atoms with van der Waals surface area (Å²) in [5.41, 5.74) is -0.497. The first kappa shape index (κ1) is 21.1. The first-order valence-corrected chi connectivity index (χ1v) is 11.5. The van der Waals surface area contributed by atoms with E-state index in [1.807, 2.05) is 18.7 Å². The van der Waals surface area contributed by atoms with E-state index in [9.17, 15) is 19.5 Å². The molecule has 1 unspecified atom stereocenters. The van der Waals surface area contributed by atoms with E-state index >= 15 is 0 Å². The molecule has 4 heterocycles. The third-order valence-corrected chi connectivity index (χ3v) is 7.20. The lowest BCUT2D eigenvalue weighted by molar-refractivity contribution is -0.149. The monoisotopic (exact) mass is 442 g/mol. The van der Waals surface area contributed by atoms with Crippen molar-refractivity contribution in [1.29, 1.82) is 0 Å². The van der Waals surface area contributed by atoms with Crippen LogP contribution in [-0.2, 0) is 9.59 Å². The van der Waals surface area contributed by atoms with Crippen molar-refractivity contribution < 1.29 is 29.0 Å². The number of rotatable bonds is 3. The van der Waals surface area contributed by atoms with Crippen molar-refractivity contribution in [1.82, 2.24) is 9.80 Å². The molecule has 3 atom stereocenters. The van der Waals surface area contributed by atoms with E-state index in [0.717, 1.165) is 25.8 Å². The minimum absolute atomic E-state index is 0.107. The lowest BCUT2D eigenvalue weighted by atomic mass is 9.76. The second-order valence-electron chi connectivity index (χ2n) is 10.2. The quantitative estimate of drug-likeness (QED) is 0.772. The van der Waals surface area contributed by atoms with Gasteiger partial charge in [-0.1, -0.05) is 0 Å². The first-order chi connectivity index (χ1) is 15.2. The second kappa shape index (κ2) is 7.67. The summed E-state index contributed by atoms with van der Waals surface area (Å²) >= 11 is 0. The maximum absolute atomic E-state index is 12.9. The number of aromatic hydroxyl groups is 1. The molecule has 0 saturated carbocycles. The van der Waals surface area contributed by atoms with Crippen molar-refractivity contribution in [3.8, 4) is 17.2 Å². The van der Waals surface area contributed by atoms with Gasteiger partial charge in [0.2, 0.25) is 5.91 Å². The fourth-order valence-electron chi connectivity index (χ4n) is 5.88. The highest BCUT2D eigenvalue weighted by Gasteiger charge is 2.44. The molecule has 1 N–H and O–H groups in total. The number of hydrogen-bond donors (Lipinski definition) is 1. The molecule has 3 fully saturated rings. The van der Waals surface area contributed by atoms with Crippen molar-refractivity contribution in [2.45, 2.75) is 57.6 Å². The van der Waals surface area contributed by atoms with Crippen LogP contribution in [0.1, 0.15) is 56.3 Å². The minimum Gasteiger partial charge on any atom is -0.507 e. The van der Waals surface area contributed by atoms with E-state index in [4.69, 9.17) is 9.47 Å². The molecule has 8 heteroatoms. The van der Waals surface area contributed by atoms with Gasteiger partial charge in [0, 0.05) is 44.2 Å². The normalized spacial score (nSPS) is 28.5. The Morgan fingerprint density at radius 3 is 2.88 bits per heavy atom. The van der Waals surface area contributed by atoms with E-state index in [2.05, 4.69) is 4.90 Å². The highest BCUT2D eigenvalue weighted by Crippen LogP contribution is 2.41. The summed E-state index contributed by atoms with van der Waals surface area (Å²) in [6.07, 6.45) is 3.85. The number of piperidine rings is 3. The minimum atomic E-state index is -0.662. The van der Waals surface area contributed by atoms with Crippen LogP contribution in [0.15, 0.2) is 12.1 Å². The summed E-state index contributed by atoms with van der Waals surface area (Å²) in [5.74, 6) is 0.992. The van der Waals surface area contributed by atoms with Crippen molar-refractivity contribution >= 4 is 17.6 Å². The number of ketones is 1. The molecular formula is C24H30N2O6. The lowest BCUT2D eigenvalue weighted by Crippen LogP contribution is -2.61. The molecule has 2 amide bonds. The van der Waals surface area contributed by atoms with Gasteiger partial charge in [-0.3, -0.25) is 14.4 Å². The molecular weight excluding hydrogens is 412 g/mol. The van der Waals surface area contributed by atoms with Gasteiger partial charge >= 0.3 is 0 Å². The predicted octanol–water partition coefficient (Wildman–Crippen LogP) is 2.37. The number of fused-ring (bicyclic) bond motifs is 5. The fraction of sp³-hybridized carbons (Fsp3) is 0.625. The van der Waals surface area contributed by atoms with E-state index in [1.54, 1.807) is 6.07 Å². The van der Waals surface area contributed by atoms with Gasteiger partial charge in [0.25, 0.3) is 5.91 Å². The fourth-order valence-corrected chi connectivity index (χ4v) is 5.88. The van der Waals surface area contributed by atoms with Crippen LogP contribution in [0.3, 0.4) is 0 Å². The number of nitrogens with zero attached hydrogens (tertiary/aromatic N) is 2. The van der Waals surface area contributed by atoms with Crippen molar-refractivity contribution in [3.05, 3.63) is 17.7 Å². The van der Waals surface area contributed by atoms with Crippen LogP contribution in [0, 0.1) is 11.8 Å². The number of hydrogen-bond acceptors (Lipinski definition) is 6. The van der Waals surface area contributed by atoms with Crippen LogP contribution in [0.2, 0.25) is 0 Å². The van der Waals surface area contributed by atoms with Crippen LogP contribution < -0.4 is 9.47 Å². The molecule has 4 aliphatic rings. The van der Waals surface area contributed by atoms with E-state index < -0.39 is 5.60 Å². The lowest BCUT2D eigenvalue weighted by Gasteiger charge is -2.52. The van der Waals surface area contributed by atoms with E-state index in [-0.39, 0.29) is 53.7 Å². The summed E-state index contributed by atoms with van der Waals surface area (Å²) < 4.78 is 11.6. The van der Waals surface area contributed by atoms with Crippen LogP contribution in [0.25, 0.3) is 0 Å². The van der Waals surface area contributed by atoms with Gasteiger partial charge in [-0.15, -0.1) is 0 Å². The van der Waals surface area contributed by atoms with Crippen molar-refractivity contribution in [3.63, 3.8) is 0 Å². The molecule has 1 aromatic carbocycles. The third-order valence-electron chi connectivity index (χ3n) is 7.20. The molecule has 0 spiro atoms. The Morgan fingerprint density at radius 2 is 2.06 bits per heavy atom. The Labute approximate surface area is 187 Å². The van der Waals surface area contributed by atoms with Crippen LogP contribution >= 0.6 is 0 Å². The molecule has 0 radical (unpaired) electrons. The largest absolute Gasteiger partial charge is 0.507 e. The maximum atomic E-state index is 12.9. The van der Waals surface area contributed by atoms with Gasteiger partial charge in [-0.2, -0.15) is 0 Å². The summed E-state index contributed by atoms with van der Waals surface area (Å²) in [5, 5.41) is 10.3. The Morgan fingerprint density at radius 1 is 1.25 bits per heavy atom. The number of phenols is 1. The zero-order valence-corrected chi connectivity index (χ0v) is 18.6. The van der Waals surface area contributed by atoms with Gasteiger partial charge in [-0.05, 0) is 44.9 Å². The van der Waals surface area contributed by atoms with Gasteiger partial charge in [0.1, 0.15) is 28.4 Å². The number of phenolic OH excluding ortho intramolecular Hbond substituents is 1. The molecule has 2 bridgehead atoms. The molecule has 5 rings (SSSR count). The second-order valence-corrected chi connectivity index (χ2v) is 10.2. The van der Waals surface area contributed by atoms with Crippen LogP contribution in [-0.4, -0.2) is 70.4 Å². The molecule has 1 aromatic rings. The number of Topliss-reactive ketones (excluding diaryl/α,β-unsaturated/α-hetero) is 1. The van der Waals surface area contributed by atoms with Gasteiger partial charge in [0.15, 0.2) is 12.4 Å². The number of carbonyl (C=O) groups is 3. The van der Waals surface area contributed by atoms with Crippen molar-refractivity contribution in [2.75, 3.05) is 26.2 Å². The third kappa shape index (κ3) is 3.80. The van der Waals surface area contributed by atoms with Crippen LogP contribution in [0.5, 0.6) is 17.2 Å². The number of amides is 2. The maximum Gasteiger partial charge on any atom is 0.260 e. The molecule has 0 aromatic heterocycles. The topological polar surface area (TPSA) is 96.4 Å². The summed E-state index contributed by atoms with van der Waals surface area (Å²) in [6, 6.07) is 3.18. The van der Waals surface area contributed by atoms with E-state index in [0.29, 0.717) is 37.1 Å². The average molecular weight is 443 g/mol. The van der Waals surface area contributed by atoms with Gasteiger partial charge in [-0.25, -0.2) is 0 Å². The average Bonchev–Trinajstić information content (AvgIpc) is 2.71. The number of carbonyl (C=O) groups excluding carboxylic acids is 3. The highest BCUT2D eigenvalue weighted by molar-refractivity contribution is 6.03. The molecule has 4 aliphatic heterocycles. The van der Waals surface area contributed by atoms with Crippen molar-refractivity contribution in [2.24, 2.45) is 11.8 Å². The summed E-state index contributed by atoms with van der Waals surface area (Å²) in [6.45, 7) is 5.50. The smallest absolute Gasteiger partial charge is 0.260 e. The predicted molar refractivity (Wildman–Crippen MR) is 115 cm³/mol. The van der Waals surface area contributed by atoms with Gasteiger partial charge in [0.05, 0.1) is 6.42 Å². The SMILES string of the molecule is CC1(C)CC(=O)c2c(O)cc(OCC(=O)N3C[C@H]4C[C@@H](C3)C3CCCC(=O)N3C4)cc2O1. The Bertz CT molecular complexity index is 973. The zero-order chi connectivity index (χ0) is 22.6. The highest BCUT2D eigenvalue weighted by atomic mass is 16.5. The Hall–Kier alpha value is -2.77. The molecule has 8 nitrogen and oxygen atoms in total. The summed E-state index contributed by atoms with van der Waals surface area (Å²) in [4.78, 5) is 41.5. The molecule has 32 heavy (non-hydrogen) atoms. The summed E-state index contributed by atoms with van der Waals surface area (Å²) in [7, 11) is 0. The first-order valence-electron chi connectivity index (χ1n) is 11.5. The molecule has 172 valence electrons. The van der Waals surface area contributed by atoms with Crippen LogP contribution in [0.4, 0.5) is 0 Å². The zero-order valence-electron chi connectivity index (χ0n) is 18.6. The number of likely N-dealkylation sites (tertiary alicyclic amines) is 1. The van der Waals surface area contributed by atoms with E-state index in [1.165, 1.54) is 6.07 Å². The Kier molecular flexibility index (Phi) is 5.06.